The van der Waals surface area contributed by atoms with Gasteiger partial charge in [-0.2, -0.15) is 5.10 Å². The molecule has 0 aliphatic carbocycles. The van der Waals surface area contributed by atoms with E-state index >= 15 is 0 Å². The van der Waals surface area contributed by atoms with Gasteiger partial charge >= 0.3 is 0 Å². The highest BCUT2D eigenvalue weighted by atomic mass is 16.2. The van der Waals surface area contributed by atoms with Gasteiger partial charge in [-0.15, -0.1) is 0 Å². The Bertz CT molecular complexity index is 680. The molecule has 7 heteroatoms. The Morgan fingerprint density at radius 2 is 2.23 bits per heavy atom. The topological polar surface area (TPSA) is 78.0 Å². The first-order chi connectivity index (χ1) is 10.6. The van der Waals surface area contributed by atoms with Crippen LogP contribution < -0.4 is 4.90 Å². The number of H-pyrrole nitrogens is 1. The molecular formula is C15H20N6O. The van der Waals surface area contributed by atoms with Crippen LogP contribution in [0.1, 0.15) is 40.6 Å². The number of carbonyl (C=O) groups is 1. The van der Waals surface area contributed by atoms with E-state index in [2.05, 4.69) is 25.1 Å². The fourth-order valence-electron chi connectivity index (χ4n) is 2.90. The molecule has 1 saturated heterocycles. The summed E-state index contributed by atoms with van der Waals surface area (Å²) in [6, 6.07) is 2.07. The summed E-state index contributed by atoms with van der Waals surface area (Å²) in [5.41, 5.74) is 2.44. The van der Waals surface area contributed by atoms with E-state index in [0.29, 0.717) is 5.56 Å². The summed E-state index contributed by atoms with van der Waals surface area (Å²) in [5, 5.41) is 7.10. The molecule has 0 unspecified atom stereocenters. The minimum absolute atomic E-state index is 0.0329. The van der Waals surface area contributed by atoms with Gasteiger partial charge in [0.15, 0.2) is 0 Å². The average molecular weight is 300 g/mol. The van der Waals surface area contributed by atoms with E-state index < -0.39 is 0 Å². The lowest BCUT2D eigenvalue weighted by molar-refractivity contribution is 0.0826. The number of anilines is 1. The zero-order valence-corrected chi connectivity index (χ0v) is 13.1. The van der Waals surface area contributed by atoms with Crippen molar-refractivity contribution in [3.63, 3.8) is 0 Å². The van der Waals surface area contributed by atoms with Gasteiger partial charge in [0.25, 0.3) is 5.91 Å². The van der Waals surface area contributed by atoms with E-state index in [1.54, 1.807) is 31.5 Å². The Hall–Kier alpha value is -2.44. The number of aromatic amines is 1. The fraction of sp³-hybridized carbons (Fsp3) is 0.467. The molecule has 1 amide bonds. The highest BCUT2D eigenvalue weighted by molar-refractivity contribution is 5.95. The third-order valence-corrected chi connectivity index (χ3v) is 3.98. The summed E-state index contributed by atoms with van der Waals surface area (Å²) >= 11 is 0. The molecule has 1 aliphatic rings. The van der Waals surface area contributed by atoms with Gasteiger partial charge in [0.1, 0.15) is 12.1 Å². The molecule has 0 bridgehead atoms. The lowest BCUT2D eigenvalue weighted by atomic mass is 10.1. The molecule has 1 fully saturated rings. The Morgan fingerprint density at radius 1 is 1.41 bits per heavy atom. The first kappa shape index (κ1) is 14.5. The normalized spacial score (nSPS) is 17.8. The molecule has 0 spiro atoms. The molecule has 7 nitrogen and oxygen atoms in total. The number of hydrogen-bond acceptors (Lipinski definition) is 5. The van der Waals surface area contributed by atoms with Crippen LogP contribution in [0, 0.1) is 6.92 Å². The Morgan fingerprint density at radius 3 is 2.95 bits per heavy atom. The van der Waals surface area contributed by atoms with Crippen molar-refractivity contribution in [2.24, 2.45) is 0 Å². The van der Waals surface area contributed by atoms with Crippen molar-refractivity contribution >= 4 is 11.7 Å². The summed E-state index contributed by atoms with van der Waals surface area (Å²) < 4.78 is 0. The lowest BCUT2D eigenvalue weighted by Crippen LogP contribution is -2.28. The van der Waals surface area contributed by atoms with Gasteiger partial charge in [-0.3, -0.25) is 9.89 Å². The van der Waals surface area contributed by atoms with Crippen molar-refractivity contribution < 1.29 is 4.79 Å². The Kier molecular flexibility index (Phi) is 3.79. The predicted octanol–water partition coefficient (Wildman–Crippen LogP) is 1.55. The molecule has 2 aromatic rings. The zero-order valence-electron chi connectivity index (χ0n) is 13.1. The molecule has 116 valence electrons. The molecule has 0 radical (unpaired) electrons. The number of rotatable bonds is 3. The van der Waals surface area contributed by atoms with E-state index in [1.165, 1.54) is 0 Å². The standard InChI is InChI=1S/C15H20N6O/c1-10-7-13(17-9-16-10)21-6-4-5-12(21)14-11(8-18-19-14)15(22)20(2)3/h7-9,12H,4-6H2,1-3H3,(H,18,19)/t12-/m1/s1. The molecule has 1 N–H and O–H groups in total. The number of hydrogen-bond donors (Lipinski definition) is 1. The Labute approximate surface area is 129 Å². The largest absolute Gasteiger partial charge is 0.348 e. The van der Waals surface area contributed by atoms with Crippen molar-refractivity contribution in [3.8, 4) is 0 Å². The number of amides is 1. The number of carbonyl (C=O) groups excluding carboxylic acids is 1. The van der Waals surface area contributed by atoms with Crippen molar-refractivity contribution in [1.82, 2.24) is 25.1 Å². The van der Waals surface area contributed by atoms with Crippen molar-refractivity contribution in [1.29, 1.82) is 0 Å². The minimum Gasteiger partial charge on any atom is -0.348 e. The first-order valence-corrected chi connectivity index (χ1v) is 7.38. The van der Waals surface area contributed by atoms with Crippen LogP contribution in [0.3, 0.4) is 0 Å². The summed E-state index contributed by atoms with van der Waals surface area (Å²) in [6.45, 7) is 2.86. The van der Waals surface area contributed by atoms with Crippen LogP contribution in [-0.2, 0) is 0 Å². The van der Waals surface area contributed by atoms with E-state index in [9.17, 15) is 4.79 Å². The van der Waals surface area contributed by atoms with E-state index in [1.807, 2.05) is 13.0 Å². The second-order valence-electron chi connectivity index (χ2n) is 5.77. The molecule has 3 rings (SSSR count). The minimum atomic E-state index is -0.0329. The molecule has 1 aliphatic heterocycles. The summed E-state index contributed by atoms with van der Waals surface area (Å²) in [4.78, 5) is 24.6. The van der Waals surface area contributed by atoms with Gasteiger partial charge < -0.3 is 9.80 Å². The fourth-order valence-corrected chi connectivity index (χ4v) is 2.90. The van der Waals surface area contributed by atoms with Crippen molar-refractivity contribution in [2.75, 3.05) is 25.5 Å². The Balaban J connectivity index is 1.94. The summed E-state index contributed by atoms with van der Waals surface area (Å²) in [5.74, 6) is 0.863. The molecule has 2 aromatic heterocycles. The van der Waals surface area contributed by atoms with Crippen LogP contribution in [0.15, 0.2) is 18.6 Å². The van der Waals surface area contributed by atoms with Crippen molar-refractivity contribution in [3.05, 3.63) is 35.5 Å². The van der Waals surface area contributed by atoms with E-state index in [-0.39, 0.29) is 11.9 Å². The highest BCUT2D eigenvalue weighted by Gasteiger charge is 2.32. The third kappa shape index (κ3) is 2.54. The maximum absolute atomic E-state index is 12.3. The maximum atomic E-state index is 12.3. The molecule has 22 heavy (non-hydrogen) atoms. The maximum Gasteiger partial charge on any atom is 0.256 e. The number of aryl methyl sites for hydroxylation is 1. The van der Waals surface area contributed by atoms with Crippen LogP contribution >= 0.6 is 0 Å². The molecule has 1 atom stereocenters. The summed E-state index contributed by atoms with van der Waals surface area (Å²) in [7, 11) is 3.50. The van der Waals surface area contributed by atoms with Crippen LogP contribution in [0.4, 0.5) is 5.82 Å². The summed E-state index contributed by atoms with van der Waals surface area (Å²) in [6.07, 6.45) is 5.22. The second kappa shape index (κ2) is 5.75. The SMILES string of the molecule is Cc1cc(N2CCC[C@@H]2c2[nH]ncc2C(=O)N(C)C)ncn1. The van der Waals surface area contributed by atoms with Crippen LogP contribution in [0.25, 0.3) is 0 Å². The van der Waals surface area contributed by atoms with Gasteiger partial charge in [0.2, 0.25) is 0 Å². The van der Waals surface area contributed by atoms with E-state index in [0.717, 1.165) is 36.6 Å². The van der Waals surface area contributed by atoms with Gasteiger partial charge in [-0.25, -0.2) is 9.97 Å². The average Bonchev–Trinajstić information content (AvgIpc) is 3.14. The lowest BCUT2D eigenvalue weighted by Gasteiger charge is -2.26. The van der Waals surface area contributed by atoms with Gasteiger partial charge in [0, 0.05) is 32.4 Å². The zero-order chi connectivity index (χ0) is 15.7. The van der Waals surface area contributed by atoms with E-state index in [4.69, 9.17) is 0 Å². The van der Waals surface area contributed by atoms with Crippen LogP contribution in [0.5, 0.6) is 0 Å². The third-order valence-electron chi connectivity index (χ3n) is 3.98. The van der Waals surface area contributed by atoms with Crippen LogP contribution in [0.2, 0.25) is 0 Å². The quantitative estimate of drug-likeness (QED) is 0.930. The molecular weight excluding hydrogens is 280 g/mol. The molecule has 3 heterocycles. The predicted molar refractivity (Wildman–Crippen MR) is 82.7 cm³/mol. The number of nitrogens with one attached hydrogen (secondary N) is 1. The van der Waals surface area contributed by atoms with Gasteiger partial charge in [0.05, 0.1) is 23.5 Å². The van der Waals surface area contributed by atoms with Crippen molar-refractivity contribution in [2.45, 2.75) is 25.8 Å². The smallest absolute Gasteiger partial charge is 0.256 e. The van der Waals surface area contributed by atoms with Gasteiger partial charge in [-0.1, -0.05) is 0 Å². The number of nitrogens with zero attached hydrogens (tertiary/aromatic N) is 5. The highest BCUT2D eigenvalue weighted by Crippen LogP contribution is 2.35. The molecule has 0 aromatic carbocycles. The monoisotopic (exact) mass is 300 g/mol. The van der Waals surface area contributed by atoms with Crippen LogP contribution in [-0.4, -0.2) is 51.6 Å². The first-order valence-electron chi connectivity index (χ1n) is 7.38. The number of aromatic nitrogens is 4. The van der Waals surface area contributed by atoms with Gasteiger partial charge in [-0.05, 0) is 19.8 Å². The molecule has 0 saturated carbocycles. The second-order valence-corrected chi connectivity index (χ2v) is 5.77.